The maximum atomic E-state index is 10.7. The molecule has 0 atom stereocenters. The normalized spacial score (nSPS) is 10.2. The van der Waals surface area contributed by atoms with Gasteiger partial charge in [0.05, 0.1) is 26.4 Å². The molecule has 6 nitrogen and oxygen atoms in total. The molecule has 0 aromatic heterocycles. The Kier molecular flexibility index (Phi) is 16.8. The maximum absolute atomic E-state index is 10.7. The van der Waals surface area contributed by atoms with Gasteiger partial charge in [-0.25, -0.2) is 0 Å². The van der Waals surface area contributed by atoms with Gasteiger partial charge in [0.1, 0.15) is 0 Å². The van der Waals surface area contributed by atoms with Crippen LogP contribution in [0.5, 0.6) is 0 Å². The van der Waals surface area contributed by atoms with E-state index in [1.54, 1.807) is 6.92 Å². The van der Waals surface area contributed by atoms with Crippen LogP contribution in [0, 0.1) is 6.92 Å². The Morgan fingerprint density at radius 3 is 2.23 bits per heavy atom. The molecule has 0 spiro atoms. The first-order valence-electron chi connectivity index (χ1n) is 8.53. The molecular formula is C18H29O6PS. The van der Waals surface area contributed by atoms with Crippen molar-refractivity contribution in [2.75, 3.05) is 26.4 Å². The molecule has 0 bridgehead atoms. The van der Waals surface area contributed by atoms with Gasteiger partial charge in [0.2, 0.25) is 0 Å². The zero-order valence-electron chi connectivity index (χ0n) is 15.9. The molecule has 0 radical (unpaired) electrons. The Morgan fingerprint density at radius 1 is 1.08 bits per heavy atom. The van der Waals surface area contributed by atoms with Crippen LogP contribution >= 0.6 is 20.4 Å². The van der Waals surface area contributed by atoms with Gasteiger partial charge < -0.3 is 18.3 Å². The Bertz CT molecular complexity index is 494. The zero-order valence-corrected chi connectivity index (χ0v) is 17.6. The number of rotatable bonds is 12. The molecule has 8 heteroatoms. The Labute approximate surface area is 161 Å². The van der Waals surface area contributed by atoms with Crippen molar-refractivity contribution in [3.05, 3.63) is 29.8 Å². The van der Waals surface area contributed by atoms with E-state index in [0.29, 0.717) is 32.9 Å². The van der Waals surface area contributed by atoms with E-state index in [0.717, 1.165) is 23.3 Å². The second kappa shape index (κ2) is 17.4. The highest BCUT2D eigenvalue weighted by Crippen LogP contribution is 2.39. The van der Waals surface area contributed by atoms with Crippen molar-refractivity contribution < 1.29 is 27.9 Å². The number of unbranched alkanes of at least 4 members (excludes halogenated alkanes) is 1. The predicted molar refractivity (Wildman–Crippen MR) is 105 cm³/mol. The lowest BCUT2D eigenvalue weighted by atomic mass is 10.2. The number of benzene rings is 1. The van der Waals surface area contributed by atoms with Gasteiger partial charge in [-0.1, -0.05) is 30.0 Å². The first-order chi connectivity index (χ1) is 12.5. The van der Waals surface area contributed by atoms with E-state index in [-0.39, 0.29) is 5.12 Å². The summed E-state index contributed by atoms with van der Waals surface area (Å²) in [6.45, 7) is 10.0. The number of hydrogen-bond donors (Lipinski definition) is 0. The van der Waals surface area contributed by atoms with Crippen molar-refractivity contribution in [1.29, 1.82) is 0 Å². The van der Waals surface area contributed by atoms with Gasteiger partial charge in [-0.3, -0.25) is 9.59 Å². The highest BCUT2D eigenvalue weighted by molar-refractivity contribution is 8.13. The quantitative estimate of drug-likeness (QED) is 0.213. The van der Waals surface area contributed by atoms with Gasteiger partial charge in [0, 0.05) is 11.8 Å². The molecular weight excluding hydrogens is 375 g/mol. The molecule has 0 N–H and O–H groups in total. The number of thioether (sulfide) groups is 1. The molecule has 0 fully saturated rings. The van der Waals surface area contributed by atoms with E-state index >= 15 is 0 Å². The summed E-state index contributed by atoms with van der Waals surface area (Å²) >= 11 is 1.29. The minimum Gasteiger partial charge on any atom is -0.468 e. The average molecular weight is 404 g/mol. The molecule has 1 aromatic carbocycles. The Morgan fingerprint density at radius 2 is 1.69 bits per heavy atom. The van der Waals surface area contributed by atoms with Crippen molar-refractivity contribution in [1.82, 2.24) is 0 Å². The van der Waals surface area contributed by atoms with Gasteiger partial charge in [-0.15, -0.1) is 0 Å². The first kappa shape index (κ1) is 25.0. The fourth-order valence-corrected chi connectivity index (χ4v) is 3.23. The molecule has 26 heavy (non-hydrogen) atoms. The lowest BCUT2D eigenvalue weighted by molar-refractivity contribution is -0.128. The Hall–Kier alpha value is -0.980. The molecule has 148 valence electrons. The summed E-state index contributed by atoms with van der Waals surface area (Å²) in [6, 6.07) is 7.88. The van der Waals surface area contributed by atoms with Crippen LogP contribution in [-0.2, 0) is 27.9 Å². The van der Waals surface area contributed by atoms with Crippen molar-refractivity contribution in [3.63, 3.8) is 0 Å². The fraction of sp³-hybridized carbons (Fsp3) is 0.556. The number of carbonyl (C=O) groups excluding carboxylic acids is 2. The first-order valence-corrected chi connectivity index (χ1v) is 10.4. The van der Waals surface area contributed by atoms with E-state index in [4.69, 9.17) is 13.6 Å². The van der Waals surface area contributed by atoms with Gasteiger partial charge in [-0.05, 0) is 45.2 Å². The molecule has 0 amide bonds. The molecule has 1 aromatic rings. The topological polar surface area (TPSA) is 71.1 Å². The summed E-state index contributed by atoms with van der Waals surface area (Å²) in [7, 11) is -1.20. The second-order valence-electron chi connectivity index (χ2n) is 4.93. The van der Waals surface area contributed by atoms with E-state index in [2.05, 4.69) is 4.74 Å². The summed E-state index contributed by atoms with van der Waals surface area (Å²) in [5.74, 6) is 0. The second-order valence-corrected chi connectivity index (χ2v) is 7.37. The van der Waals surface area contributed by atoms with Crippen molar-refractivity contribution in [2.24, 2.45) is 0 Å². The Balaban J connectivity index is 0.000000502. The molecule has 0 saturated carbocycles. The van der Waals surface area contributed by atoms with E-state index in [9.17, 15) is 9.59 Å². The van der Waals surface area contributed by atoms with E-state index < -0.39 is 8.60 Å². The lowest BCUT2D eigenvalue weighted by Crippen LogP contribution is -1.99. The van der Waals surface area contributed by atoms with E-state index in [1.165, 1.54) is 11.8 Å². The molecule has 0 aliphatic carbocycles. The van der Waals surface area contributed by atoms with Crippen LogP contribution in [-0.4, -0.2) is 38.0 Å². The van der Waals surface area contributed by atoms with Gasteiger partial charge in [0.25, 0.3) is 6.47 Å². The molecule has 0 aliphatic heterocycles. The smallest absolute Gasteiger partial charge is 0.332 e. The van der Waals surface area contributed by atoms with Crippen LogP contribution in [0.2, 0.25) is 0 Å². The van der Waals surface area contributed by atoms with Crippen LogP contribution in [0.15, 0.2) is 29.2 Å². The highest BCUT2D eigenvalue weighted by atomic mass is 32.2. The fourth-order valence-electron chi connectivity index (χ4n) is 1.62. The molecule has 0 heterocycles. The van der Waals surface area contributed by atoms with Crippen molar-refractivity contribution in [3.8, 4) is 0 Å². The molecule has 1 rings (SSSR count). The highest BCUT2D eigenvalue weighted by Gasteiger charge is 2.09. The van der Waals surface area contributed by atoms with Gasteiger partial charge >= 0.3 is 8.60 Å². The van der Waals surface area contributed by atoms with E-state index in [1.807, 2.05) is 45.0 Å². The lowest BCUT2D eigenvalue weighted by Gasteiger charge is -2.14. The number of aryl methyl sites for hydroxylation is 1. The number of hydrogen-bond acceptors (Lipinski definition) is 7. The van der Waals surface area contributed by atoms with Crippen LogP contribution in [0.4, 0.5) is 0 Å². The molecule has 0 saturated heterocycles. The summed E-state index contributed by atoms with van der Waals surface area (Å²) in [5.41, 5.74) is 1.16. The van der Waals surface area contributed by atoms with Crippen LogP contribution in [0.25, 0.3) is 0 Å². The standard InChI is InChI=1S/C9H19O5P.C9H10OS/c1-3-12-15(13-4-2)14-8-6-5-7-11-9-10;1-7-5-3-4-6-9(7)11-8(2)10/h9H,3-8H2,1-2H3;3-6H,1-2H3. The monoisotopic (exact) mass is 404 g/mol. The largest absolute Gasteiger partial charge is 0.468 e. The third kappa shape index (κ3) is 14.2. The van der Waals surface area contributed by atoms with Crippen molar-refractivity contribution >= 4 is 32.0 Å². The summed E-state index contributed by atoms with van der Waals surface area (Å²) in [5, 5.41) is 0.138. The number of ether oxygens (including phenoxy) is 1. The predicted octanol–water partition coefficient (Wildman–Crippen LogP) is 4.89. The summed E-state index contributed by atoms with van der Waals surface area (Å²) in [4.78, 5) is 21.6. The maximum Gasteiger partial charge on any atom is 0.332 e. The number of carbonyl (C=O) groups is 2. The third-order valence-corrected chi connectivity index (χ3v) is 5.03. The zero-order chi connectivity index (χ0) is 19.6. The summed E-state index contributed by atoms with van der Waals surface area (Å²) < 4.78 is 20.4. The minimum absolute atomic E-state index is 0.138. The molecule has 0 aliphatic rings. The summed E-state index contributed by atoms with van der Waals surface area (Å²) in [6.07, 6.45) is 1.62. The van der Waals surface area contributed by atoms with Crippen LogP contribution in [0.1, 0.15) is 39.2 Å². The third-order valence-electron chi connectivity index (χ3n) is 2.74. The minimum atomic E-state index is -1.20. The molecule has 0 unspecified atom stereocenters. The average Bonchev–Trinajstić information content (AvgIpc) is 2.60. The van der Waals surface area contributed by atoms with Gasteiger partial charge in [0.15, 0.2) is 5.12 Å². The SMILES string of the molecule is CC(=O)Sc1ccccc1C.CCOP(OCC)OCCCCOC=O. The van der Waals surface area contributed by atoms with Crippen LogP contribution < -0.4 is 0 Å². The van der Waals surface area contributed by atoms with Gasteiger partial charge in [-0.2, -0.15) is 0 Å². The van der Waals surface area contributed by atoms with Crippen LogP contribution in [0.3, 0.4) is 0 Å². The van der Waals surface area contributed by atoms with Crippen molar-refractivity contribution in [2.45, 2.75) is 45.4 Å².